The molecule has 0 aliphatic heterocycles. The smallest absolute Gasteiger partial charge is 0.0484 e. The molecule has 0 aliphatic carbocycles. The molecule has 2 heteroatoms. The van der Waals surface area contributed by atoms with Gasteiger partial charge in [0.2, 0.25) is 0 Å². The number of anilines is 1. The molecule has 1 N–H and O–H groups in total. The minimum absolute atomic E-state index is 0.729. The van der Waals surface area contributed by atoms with Gasteiger partial charge in [0.25, 0.3) is 0 Å². The summed E-state index contributed by atoms with van der Waals surface area (Å²) >= 11 is 3.51. The molecule has 0 fully saturated rings. The molecule has 0 radical (unpaired) electrons. The summed E-state index contributed by atoms with van der Waals surface area (Å²) in [4.78, 5) is 0. The van der Waals surface area contributed by atoms with Crippen LogP contribution in [0.15, 0.2) is 28.7 Å². The molecule has 0 saturated heterocycles. The minimum atomic E-state index is 0.729. The van der Waals surface area contributed by atoms with E-state index in [1.54, 1.807) is 0 Å². The fourth-order valence-corrected chi connectivity index (χ4v) is 1.46. The molecule has 0 spiro atoms. The maximum atomic E-state index is 3.51. The van der Waals surface area contributed by atoms with Crippen molar-refractivity contribution >= 4 is 21.6 Å². The van der Waals surface area contributed by atoms with Gasteiger partial charge in [-0.3, -0.25) is 0 Å². The van der Waals surface area contributed by atoms with Crippen molar-refractivity contribution in [3.63, 3.8) is 0 Å². The topological polar surface area (TPSA) is 12.0 Å². The molecule has 0 heterocycles. The molecule has 1 aromatic rings. The molecule has 0 bridgehead atoms. The van der Waals surface area contributed by atoms with Crippen LogP contribution in [0.25, 0.3) is 0 Å². The summed E-state index contributed by atoms with van der Waals surface area (Å²) in [5, 5.41) is 3.42. The van der Waals surface area contributed by atoms with Gasteiger partial charge in [0.1, 0.15) is 0 Å². The molecule has 1 rings (SSSR count). The highest BCUT2D eigenvalue weighted by Gasteiger charge is 2.00. The normalized spacial score (nSPS) is 12.5. The summed E-state index contributed by atoms with van der Waals surface area (Å²) in [6.45, 7) is 5.51. The minimum Gasteiger partial charge on any atom is -0.384 e. The van der Waals surface area contributed by atoms with E-state index in [1.165, 1.54) is 12.1 Å². The van der Waals surface area contributed by atoms with Gasteiger partial charge in [0.05, 0.1) is 0 Å². The van der Waals surface area contributed by atoms with E-state index >= 15 is 0 Å². The molecule has 0 saturated carbocycles. The van der Waals surface area contributed by atoms with Gasteiger partial charge in [-0.25, -0.2) is 0 Å². The number of rotatable bonds is 4. The molecule has 1 nitrogen and oxygen atoms in total. The largest absolute Gasteiger partial charge is 0.384 e. The number of hydrogen-bond acceptors (Lipinski definition) is 1. The summed E-state index contributed by atoms with van der Waals surface area (Å²) in [5.41, 5.74) is 1.18. The average Bonchev–Trinajstić information content (AvgIpc) is 2.16. The van der Waals surface area contributed by atoms with Crippen LogP contribution in [0.2, 0.25) is 0 Å². The standard InChI is InChI=1S/C11H16BrN/c1-3-9(2)8-13-11-7-5-4-6-10(11)12/h4-7,9,13H,3,8H2,1-2H3. The van der Waals surface area contributed by atoms with Gasteiger partial charge in [-0.2, -0.15) is 0 Å². The van der Waals surface area contributed by atoms with Crippen LogP contribution in [0.4, 0.5) is 5.69 Å². The van der Waals surface area contributed by atoms with E-state index in [-0.39, 0.29) is 0 Å². The van der Waals surface area contributed by atoms with Crippen LogP contribution < -0.4 is 5.32 Å². The van der Waals surface area contributed by atoms with Crippen LogP contribution in [-0.2, 0) is 0 Å². The Hall–Kier alpha value is -0.500. The maximum absolute atomic E-state index is 3.51. The zero-order valence-corrected chi connectivity index (χ0v) is 9.76. The van der Waals surface area contributed by atoms with E-state index in [4.69, 9.17) is 0 Å². The van der Waals surface area contributed by atoms with Crippen LogP contribution in [-0.4, -0.2) is 6.54 Å². The van der Waals surface area contributed by atoms with Crippen molar-refractivity contribution in [1.82, 2.24) is 0 Å². The number of benzene rings is 1. The first-order valence-electron chi connectivity index (χ1n) is 4.72. The van der Waals surface area contributed by atoms with E-state index in [1.807, 2.05) is 12.1 Å². The zero-order chi connectivity index (χ0) is 9.68. The molecule has 72 valence electrons. The van der Waals surface area contributed by atoms with Crippen LogP contribution in [0.3, 0.4) is 0 Å². The molecule has 0 aliphatic rings. The Morgan fingerprint density at radius 2 is 2.08 bits per heavy atom. The quantitative estimate of drug-likeness (QED) is 0.844. The third kappa shape index (κ3) is 3.39. The monoisotopic (exact) mass is 241 g/mol. The van der Waals surface area contributed by atoms with Crippen LogP contribution in [0.1, 0.15) is 20.3 Å². The first kappa shape index (κ1) is 10.6. The molecule has 13 heavy (non-hydrogen) atoms. The Morgan fingerprint density at radius 3 is 2.69 bits per heavy atom. The highest BCUT2D eigenvalue weighted by Crippen LogP contribution is 2.21. The lowest BCUT2D eigenvalue weighted by molar-refractivity contribution is 0.593. The SMILES string of the molecule is CCC(C)CNc1ccccc1Br. The Kier molecular flexibility index (Phi) is 4.29. The van der Waals surface area contributed by atoms with E-state index in [2.05, 4.69) is 47.2 Å². The number of para-hydroxylation sites is 1. The van der Waals surface area contributed by atoms with Crippen LogP contribution in [0, 0.1) is 5.92 Å². The molecular weight excluding hydrogens is 226 g/mol. The third-order valence-electron chi connectivity index (χ3n) is 2.21. The van der Waals surface area contributed by atoms with Gasteiger partial charge >= 0.3 is 0 Å². The van der Waals surface area contributed by atoms with Crippen molar-refractivity contribution in [2.45, 2.75) is 20.3 Å². The first-order chi connectivity index (χ1) is 6.24. The Labute approximate surface area is 88.7 Å². The van der Waals surface area contributed by atoms with E-state index in [0.717, 1.165) is 16.9 Å². The predicted octanol–water partition coefficient (Wildman–Crippen LogP) is 3.91. The van der Waals surface area contributed by atoms with Gasteiger partial charge in [-0.05, 0) is 34.0 Å². The first-order valence-corrected chi connectivity index (χ1v) is 5.51. The Bertz CT molecular complexity index is 260. The van der Waals surface area contributed by atoms with E-state index in [0.29, 0.717) is 0 Å². The lowest BCUT2D eigenvalue weighted by Crippen LogP contribution is -2.10. The molecule has 1 unspecified atom stereocenters. The third-order valence-corrected chi connectivity index (χ3v) is 2.90. The summed E-state index contributed by atoms with van der Waals surface area (Å²) in [5.74, 6) is 0.729. The maximum Gasteiger partial charge on any atom is 0.0484 e. The molecule has 0 aromatic heterocycles. The van der Waals surface area contributed by atoms with Gasteiger partial charge in [-0.1, -0.05) is 32.4 Å². The van der Waals surface area contributed by atoms with Crippen molar-refractivity contribution in [2.75, 3.05) is 11.9 Å². The highest BCUT2D eigenvalue weighted by molar-refractivity contribution is 9.10. The van der Waals surface area contributed by atoms with Crippen molar-refractivity contribution in [3.05, 3.63) is 28.7 Å². The second-order valence-corrected chi connectivity index (χ2v) is 4.23. The summed E-state index contributed by atoms with van der Waals surface area (Å²) in [6, 6.07) is 8.22. The number of hydrogen-bond donors (Lipinski definition) is 1. The molecular formula is C11H16BrN. The van der Waals surface area contributed by atoms with Crippen molar-refractivity contribution < 1.29 is 0 Å². The molecule has 0 amide bonds. The lowest BCUT2D eigenvalue weighted by Gasteiger charge is -2.12. The molecule has 1 atom stereocenters. The van der Waals surface area contributed by atoms with Crippen molar-refractivity contribution in [1.29, 1.82) is 0 Å². The second-order valence-electron chi connectivity index (χ2n) is 3.37. The summed E-state index contributed by atoms with van der Waals surface area (Å²) < 4.78 is 1.14. The van der Waals surface area contributed by atoms with Gasteiger partial charge in [0, 0.05) is 16.7 Å². The Balaban J connectivity index is 2.50. The van der Waals surface area contributed by atoms with E-state index < -0.39 is 0 Å². The number of halogens is 1. The van der Waals surface area contributed by atoms with Crippen LogP contribution in [0.5, 0.6) is 0 Å². The summed E-state index contributed by atoms with van der Waals surface area (Å²) in [7, 11) is 0. The van der Waals surface area contributed by atoms with Gasteiger partial charge < -0.3 is 5.32 Å². The lowest BCUT2D eigenvalue weighted by atomic mass is 10.1. The van der Waals surface area contributed by atoms with Crippen LogP contribution >= 0.6 is 15.9 Å². The second kappa shape index (κ2) is 5.28. The molecule has 1 aromatic carbocycles. The fraction of sp³-hybridized carbons (Fsp3) is 0.455. The van der Waals surface area contributed by atoms with Gasteiger partial charge in [0.15, 0.2) is 0 Å². The number of nitrogens with one attached hydrogen (secondary N) is 1. The van der Waals surface area contributed by atoms with E-state index in [9.17, 15) is 0 Å². The van der Waals surface area contributed by atoms with Crippen molar-refractivity contribution in [3.8, 4) is 0 Å². The van der Waals surface area contributed by atoms with Crippen molar-refractivity contribution in [2.24, 2.45) is 5.92 Å². The summed E-state index contributed by atoms with van der Waals surface area (Å²) in [6.07, 6.45) is 1.22. The fourth-order valence-electron chi connectivity index (χ4n) is 1.03. The highest BCUT2D eigenvalue weighted by atomic mass is 79.9. The Morgan fingerprint density at radius 1 is 1.38 bits per heavy atom. The average molecular weight is 242 g/mol. The predicted molar refractivity (Wildman–Crippen MR) is 62.1 cm³/mol. The van der Waals surface area contributed by atoms with Gasteiger partial charge in [-0.15, -0.1) is 0 Å². The zero-order valence-electron chi connectivity index (χ0n) is 8.18.